The van der Waals surface area contributed by atoms with Gasteiger partial charge >= 0.3 is 5.97 Å². The van der Waals surface area contributed by atoms with E-state index in [-0.39, 0.29) is 74.7 Å². The summed E-state index contributed by atoms with van der Waals surface area (Å²) in [7, 11) is 1.67. The lowest BCUT2D eigenvalue weighted by Crippen LogP contribution is -2.62. The predicted octanol–water partition coefficient (Wildman–Crippen LogP) is 4.90. The Bertz CT molecular complexity index is 2530. The SMILES string of the molecule is CCn1c(-c2cccnc2[C@H](C)OC)c2c3cc(ccc31)-c1cc(O)cc(c1)C[C@H](NC(=O)C(C(C)C)N1CCCN(C(=O)[C@H]3CN3)CCC1=O)C(=O)N1CCC[C@H](N1)C(=O)OCC(C)(C)C2. The van der Waals surface area contributed by atoms with Gasteiger partial charge in [-0.3, -0.25) is 34.0 Å². The highest BCUT2D eigenvalue weighted by Gasteiger charge is 2.40. The lowest BCUT2D eigenvalue weighted by atomic mass is 9.84. The molecule has 5 atom stereocenters. The number of cyclic esters (lactones) is 1. The molecule has 6 heterocycles. The number of phenols is 1. The minimum absolute atomic E-state index is 0.00330. The highest BCUT2D eigenvalue weighted by Crippen LogP contribution is 2.42. The first-order chi connectivity index (χ1) is 32.1. The van der Waals surface area contributed by atoms with Crippen LogP contribution in [0.25, 0.3) is 33.3 Å². The van der Waals surface area contributed by atoms with Gasteiger partial charge in [-0.05, 0) is 104 Å². The van der Waals surface area contributed by atoms with Gasteiger partial charge in [0, 0.05) is 87.3 Å². The Morgan fingerprint density at radius 1 is 1.01 bits per heavy atom. The number of aryl methyl sites for hydroxylation is 1. The van der Waals surface area contributed by atoms with Gasteiger partial charge in [0.2, 0.25) is 17.7 Å². The average molecular weight is 919 g/mol. The molecule has 4 N–H and O–H groups in total. The van der Waals surface area contributed by atoms with Crippen molar-refractivity contribution in [3.63, 3.8) is 0 Å². The number of rotatable bonds is 9. The minimum atomic E-state index is -1.15. The molecule has 8 rings (SSSR count). The second-order valence-electron chi connectivity index (χ2n) is 19.7. The van der Waals surface area contributed by atoms with E-state index in [4.69, 9.17) is 14.5 Å². The first-order valence-corrected chi connectivity index (χ1v) is 23.9. The number of pyridine rings is 1. The van der Waals surface area contributed by atoms with Crippen molar-refractivity contribution in [1.29, 1.82) is 0 Å². The molecule has 1 unspecified atom stereocenters. The Balaban J connectivity index is 1.19. The van der Waals surface area contributed by atoms with Crippen molar-refractivity contribution in [3.05, 3.63) is 71.5 Å². The molecular formula is C51H66N8O8. The first kappa shape index (κ1) is 47.6. The molecule has 3 saturated heterocycles. The van der Waals surface area contributed by atoms with Gasteiger partial charge in [-0.1, -0.05) is 39.8 Å². The smallest absolute Gasteiger partial charge is 0.324 e. The Hall–Kier alpha value is -5.84. The first-order valence-electron chi connectivity index (χ1n) is 23.9. The number of fused-ring (bicyclic) bond motifs is 6. The molecule has 6 bridgehead atoms. The monoisotopic (exact) mass is 919 g/mol. The number of benzene rings is 2. The van der Waals surface area contributed by atoms with Crippen LogP contribution < -0.4 is 16.1 Å². The van der Waals surface area contributed by atoms with E-state index in [0.717, 1.165) is 44.5 Å². The molecule has 358 valence electrons. The van der Waals surface area contributed by atoms with Crippen LogP contribution in [0.15, 0.2) is 54.7 Å². The number of hydrogen-bond acceptors (Lipinski definition) is 11. The summed E-state index contributed by atoms with van der Waals surface area (Å²) < 4.78 is 14.2. The van der Waals surface area contributed by atoms with Crippen molar-refractivity contribution in [2.24, 2.45) is 11.3 Å². The lowest BCUT2D eigenvalue weighted by molar-refractivity contribution is -0.155. The topological polar surface area (TPSA) is 198 Å². The number of aromatic nitrogens is 2. The number of amides is 4. The number of carbonyl (C=O) groups excluding carboxylic acids is 5. The van der Waals surface area contributed by atoms with Crippen LogP contribution in [-0.4, -0.2) is 130 Å². The van der Waals surface area contributed by atoms with E-state index in [1.54, 1.807) is 35.2 Å². The zero-order valence-electron chi connectivity index (χ0n) is 39.9. The van der Waals surface area contributed by atoms with Crippen molar-refractivity contribution < 1.29 is 38.6 Å². The van der Waals surface area contributed by atoms with Gasteiger partial charge < -0.3 is 39.6 Å². The van der Waals surface area contributed by atoms with E-state index in [0.29, 0.717) is 50.9 Å². The van der Waals surface area contributed by atoms with E-state index >= 15 is 0 Å². The third-order valence-electron chi connectivity index (χ3n) is 13.7. The highest BCUT2D eigenvalue weighted by molar-refractivity contribution is 5.96. The third-order valence-corrected chi connectivity index (χ3v) is 13.7. The number of hydrogen-bond donors (Lipinski definition) is 4. The number of esters is 1. The van der Waals surface area contributed by atoms with Gasteiger partial charge in [0.25, 0.3) is 5.91 Å². The fourth-order valence-electron chi connectivity index (χ4n) is 10.1. The minimum Gasteiger partial charge on any atom is -0.508 e. The van der Waals surface area contributed by atoms with Gasteiger partial charge in [0.05, 0.1) is 30.1 Å². The Labute approximate surface area is 392 Å². The normalized spacial score (nSPS) is 22.4. The largest absolute Gasteiger partial charge is 0.508 e. The quantitative estimate of drug-likeness (QED) is 0.132. The molecule has 0 spiro atoms. The Morgan fingerprint density at radius 2 is 1.81 bits per heavy atom. The Kier molecular flexibility index (Phi) is 14.1. The molecular weight excluding hydrogens is 853 g/mol. The maximum absolute atomic E-state index is 14.8. The molecule has 0 saturated carbocycles. The van der Waals surface area contributed by atoms with Gasteiger partial charge in [0.1, 0.15) is 23.9 Å². The summed E-state index contributed by atoms with van der Waals surface area (Å²) in [4.78, 5) is 78.2. The van der Waals surface area contributed by atoms with Crippen molar-refractivity contribution in [3.8, 4) is 28.1 Å². The second kappa shape index (κ2) is 19.8. The molecule has 2 aromatic heterocycles. The lowest BCUT2D eigenvalue weighted by Gasteiger charge is -2.38. The molecule has 4 aliphatic rings. The van der Waals surface area contributed by atoms with Crippen LogP contribution in [0.2, 0.25) is 0 Å². The van der Waals surface area contributed by atoms with Crippen molar-refractivity contribution in [1.82, 2.24) is 40.4 Å². The number of nitrogens with zero attached hydrogens (tertiary/aromatic N) is 5. The number of phenolic OH excluding ortho intramolecular Hbond substituents is 1. The van der Waals surface area contributed by atoms with E-state index in [1.807, 2.05) is 39.0 Å². The molecule has 4 amide bonds. The number of nitrogens with one attached hydrogen (secondary N) is 3. The molecule has 0 radical (unpaired) electrons. The van der Waals surface area contributed by atoms with Crippen molar-refractivity contribution >= 4 is 40.5 Å². The molecule has 2 aromatic carbocycles. The van der Waals surface area contributed by atoms with E-state index < -0.39 is 41.3 Å². The van der Waals surface area contributed by atoms with Gasteiger partial charge in [-0.25, -0.2) is 5.43 Å². The van der Waals surface area contributed by atoms with Crippen LogP contribution in [0, 0.1) is 11.3 Å². The zero-order chi connectivity index (χ0) is 47.7. The molecule has 0 aliphatic carbocycles. The van der Waals surface area contributed by atoms with Crippen molar-refractivity contribution in [2.45, 2.75) is 117 Å². The summed E-state index contributed by atoms with van der Waals surface area (Å²) in [5.41, 5.74) is 9.60. The van der Waals surface area contributed by atoms with E-state index in [1.165, 1.54) is 5.01 Å². The Morgan fingerprint density at radius 3 is 2.54 bits per heavy atom. The molecule has 4 aliphatic heterocycles. The number of carbonyl (C=O) groups is 5. The van der Waals surface area contributed by atoms with Gasteiger partial charge in [0.15, 0.2) is 0 Å². The van der Waals surface area contributed by atoms with Gasteiger partial charge in [-0.15, -0.1) is 0 Å². The van der Waals surface area contributed by atoms with Crippen molar-refractivity contribution in [2.75, 3.05) is 46.4 Å². The maximum Gasteiger partial charge on any atom is 0.324 e. The number of aromatic hydroxyl groups is 1. The number of ether oxygens (including phenoxy) is 2. The zero-order valence-corrected chi connectivity index (χ0v) is 39.9. The third kappa shape index (κ3) is 10.2. The summed E-state index contributed by atoms with van der Waals surface area (Å²) in [6, 6.07) is 12.5. The molecule has 16 nitrogen and oxygen atoms in total. The van der Waals surface area contributed by atoms with E-state index in [2.05, 4.69) is 59.6 Å². The molecule has 16 heteroatoms. The highest BCUT2D eigenvalue weighted by atomic mass is 16.5. The fraction of sp³-hybridized carbons (Fsp3) is 0.529. The second-order valence-corrected chi connectivity index (χ2v) is 19.7. The summed E-state index contributed by atoms with van der Waals surface area (Å²) in [6.07, 6.45) is 3.58. The van der Waals surface area contributed by atoms with Gasteiger partial charge in [-0.2, -0.15) is 0 Å². The average Bonchev–Trinajstić information content (AvgIpc) is 4.12. The summed E-state index contributed by atoms with van der Waals surface area (Å²) in [5.74, 6) is -1.98. The summed E-state index contributed by atoms with van der Waals surface area (Å²) >= 11 is 0. The fourth-order valence-corrected chi connectivity index (χ4v) is 10.1. The van der Waals surface area contributed by atoms with Crippen LogP contribution in [0.5, 0.6) is 5.75 Å². The van der Waals surface area contributed by atoms with Crippen LogP contribution in [0.4, 0.5) is 0 Å². The summed E-state index contributed by atoms with van der Waals surface area (Å²) in [5, 5.41) is 19.8. The van der Waals surface area contributed by atoms with Crippen LogP contribution >= 0.6 is 0 Å². The van der Waals surface area contributed by atoms with Crippen LogP contribution in [-0.2, 0) is 52.8 Å². The predicted molar refractivity (Wildman–Crippen MR) is 253 cm³/mol. The number of methoxy groups -OCH3 is 1. The van der Waals surface area contributed by atoms with Crippen LogP contribution in [0.3, 0.4) is 0 Å². The van der Waals surface area contributed by atoms with Crippen LogP contribution in [0.1, 0.15) is 90.2 Å². The number of hydrazine groups is 1. The summed E-state index contributed by atoms with van der Waals surface area (Å²) in [6.45, 7) is 14.7. The molecule has 4 aromatic rings. The maximum atomic E-state index is 14.8. The molecule has 67 heavy (non-hydrogen) atoms. The van der Waals surface area contributed by atoms with E-state index in [9.17, 15) is 29.1 Å². The molecule has 3 fully saturated rings. The standard InChI is InChI=1S/C51H66N8O8/c1-8-57-42-15-14-33-26-37(42)38(46(57)36-12-9-17-52-44(36)31(4)66-7)27-51(5,6)29-67-50(65)39-13-10-20-59(55-39)49(64)40(24-32-22-34(33)25-35(60)23-32)54-47(62)45(30(2)3)58-19-11-18-56(21-16-43(58)61)48(63)41-28-53-41/h9,12,14-15,17,22-23,25-26,30-31,39-41,45,53,55,60H,8,10-11,13,16,18-21,24,27-29H2,1-7H3,(H,54,62)/t31-,39-,40-,41+,45?/m0/s1.